The molecular formula is C16H26BrIN4O2. The SMILES string of the molecule is CN=C(NCCc1ccc(Br)o1)NC1CCN(C(=O)C(C)C)C1.I. The first-order chi connectivity index (χ1) is 11.0. The van der Waals surface area contributed by atoms with Crippen molar-refractivity contribution in [2.75, 3.05) is 26.7 Å². The van der Waals surface area contributed by atoms with E-state index in [0.717, 1.165) is 48.9 Å². The molecule has 1 unspecified atom stereocenters. The summed E-state index contributed by atoms with van der Waals surface area (Å²) < 4.78 is 6.21. The van der Waals surface area contributed by atoms with Crippen molar-refractivity contribution in [2.45, 2.75) is 32.7 Å². The maximum atomic E-state index is 12.0. The summed E-state index contributed by atoms with van der Waals surface area (Å²) in [4.78, 5) is 18.2. The molecular weight excluding hydrogens is 487 g/mol. The van der Waals surface area contributed by atoms with Crippen LogP contribution in [0.25, 0.3) is 0 Å². The molecule has 1 aliphatic heterocycles. The van der Waals surface area contributed by atoms with Crippen molar-refractivity contribution in [1.82, 2.24) is 15.5 Å². The second-order valence-electron chi connectivity index (χ2n) is 6.02. The molecule has 1 saturated heterocycles. The van der Waals surface area contributed by atoms with E-state index in [1.165, 1.54) is 0 Å². The van der Waals surface area contributed by atoms with Crippen LogP contribution >= 0.6 is 39.9 Å². The van der Waals surface area contributed by atoms with E-state index in [4.69, 9.17) is 4.42 Å². The maximum absolute atomic E-state index is 12.0. The molecule has 0 saturated carbocycles. The zero-order valence-electron chi connectivity index (χ0n) is 14.3. The lowest BCUT2D eigenvalue weighted by Gasteiger charge is -2.20. The van der Waals surface area contributed by atoms with Gasteiger partial charge in [-0.05, 0) is 34.5 Å². The maximum Gasteiger partial charge on any atom is 0.225 e. The first-order valence-corrected chi connectivity index (χ1v) is 8.79. The zero-order valence-corrected chi connectivity index (χ0v) is 18.3. The third-order valence-corrected chi connectivity index (χ3v) is 4.28. The van der Waals surface area contributed by atoms with Crippen molar-refractivity contribution in [3.05, 3.63) is 22.6 Å². The summed E-state index contributed by atoms with van der Waals surface area (Å²) in [6.45, 7) is 6.17. The van der Waals surface area contributed by atoms with Gasteiger partial charge in [-0.15, -0.1) is 24.0 Å². The van der Waals surface area contributed by atoms with E-state index in [1.54, 1.807) is 7.05 Å². The average Bonchev–Trinajstić information content (AvgIpc) is 3.14. The van der Waals surface area contributed by atoms with Crippen molar-refractivity contribution >= 4 is 51.8 Å². The molecule has 0 spiro atoms. The third-order valence-electron chi connectivity index (χ3n) is 3.85. The molecule has 1 atom stereocenters. The molecule has 136 valence electrons. The second-order valence-corrected chi connectivity index (χ2v) is 6.81. The van der Waals surface area contributed by atoms with E-state index < -0.39 is 0 Å². The van der Waals surface area contributed by atoms with Crippen molar-refractivity contribution in [3.8, 4) is 0 Å². The van der Waals surface area contributed by atoms with Gasteiger partial charge in [0.25, 0.3) is 0 Å². The predicted molar refractivity (Wildman–Crippen MR) is 110 cm³/mol. The van der Waals surface area contributed by atoms with Gasteiger partial charge in [-0.1, -0.05) is 13.8 Å². The van der Waals surface area contributed by atoms with Gasteiger partial charge < -0.3 is 20.0 Å². The number of halogens is 2. The Bertz CT molecular complexity index is 562. The van der Waals surface area contributed by atoms with Crippen LogP contribution in [0.15, 0.2) is 26.2 Å². The van der Waals surface area contributed by atoms with Crippen LogP contribution in [0.4, 0.5) is 0 Å². The Morgan fingerprint density at radius 2 is 2.25 bits per heavy atom. The second kappa shape index (κ2) is 10.3. The molecule has 1 aromatic rings. The number of rotatable bonds is 5. The number of hydrogen-bond acceptors (Lipinski definition) is 3. The molecule has 2 rings (SSSR count). The molecule has 1 fully saturated rings. The van der Waals surface area contributed by atoms with Crippen molar-refractivity contribution in [1.29, 1.82) is 0 Å². The highest BCUT2D eigenvalue weighted by Gasteiger charge is 2.27. The monoisotopic (exact) mass is 512 g/mol. The molecule has 6 nitrogen and oxygen atoms in total. The van der Waals surface area contributed by atoms with Crippen LogP contribution in [-0.2, 0) is 11.2 Å². The van der Waals surface area contributed by atoms with E-state index >= 15 is 0 Å². The average molecular weight is 513 g/mol. The van der Waals surface area contributed by atoms with Gasteiger partial charge in [0.2, 0.25) is 5.91 Å². The number of carbonyl (C=O) groups excluding carboxylic acids is 1. The van der Waals surface area contributed by atoms with Crippen LogP contribution in [0.1, 0.15) is 26.0 Å². The number of nitrogens with zero attached hydrogens (tertiary/aromatic N) is 2. The fraction of sp³-hybridized carbons (Fsp3) is 0.625. The summed E-state index contributed by atoms with van der Waals surface area (Å²) in [5.74, 6) is 1.97. The zero-order chi connectivity index (χ0) is 16.8. The summed E-state index contributed by atoms with van der Waals surface area (Å²) in [7, 11) is 1.75. The molecule has 8 heteroatoms. The van der Waals surface area contributed by atoms with Crippen LogP contribution in [0, 0.1) is 5.92 Å². The first kappa shape index (κ1) is 21.3. The Kier molecular flexibility index (Phi) is 9.11. The number of nitrogens with one attached hydrogen (secondary N) is 2. The fourth-order valence-electron chi connectivity index (χ4n) is 2.62. The summed E-state index contributed by atoms with van der Waals surface area (Å²) in [5.41, 5.74) is 0. The smallest absolute Gasteiger partial charge is 0.225 e. The lowest BCUT2D eigenvalue weighted by molar-refractivity contribution is -0.133. The summed E-state index contributed by atoms with van der Waals surface area (Å²) >= 11 is 3.30. The topological polar surface area (TPSA) is 69.9 Å². The van der Waals surface area contributed by atoms with Gasteiger partial charge in [0.05, 0.1) is 0 Å². The highest BCUT2D eigenvalue weighted by molar-refractivity contribution is 14.0. The quantitative estimate of drug-likeness (QED) is 0.361. The van der Waals surface area contributed by atoms with E-state index in [0.29, 0.717) is 0 Å². The lowest BCUT2D eigenvalue weighted by atomic mass is 10.2. The number of furan rings is 1. The van der Waals surface area contributed by atoms with Crippen molar-refractivity contribution < 1.29 is 9.21 Å². The minimum atomic E-state index is 0. The highest BCUT2D eigenvalue weighted by atomic mass is 127. The number of aliphatic imine (C=N–C) groups is 1. The molecule has 0 aromatic carbocycles. The Labute approximate surface area is 169 Å². The van der Waals surface area contributed by atoms with Crippen LogP contribution < -0.4 is 10.6 Å². The first-order valence-electron chi connectivity index (χ1n) is 7.99. The van der Waals surface area contributed by atoms with Gasteiger partial charge in [-0.3, -0.25) is 9.79 Å². The Hall–Kier alpha value is -0.770. The largest absolute Gasteiger partial charge is 0.454 e. The number of hydrogen-bond donors (Lipinski definition) is 2. The van der Waals surface area contributed by atoms with Gasteiger partial charge >= 0.3 is 0 Å². The fourth-order valence-corrected chi connectivity index (χ4v) is 2.96. The number of carbonyl (C=O) groups is 1. The minimum absolute atomic E-state index is 0. The Morgan fingerprint density at radius 3 is 2.83 bits per heavy atom. The number of likely N-dealkylation sites (tertiary alicyclic amines) is 1. The van der Waals surface area contributed by atoms with Crippen LogP contribution in [0.5, 0.6) is 0 Å². The predicted octanol–water partition coefficient (Wildman–Crippen LogP) is 2.62. The van der Waals surface area contributed by atoms with Gasteiger partial charge in [-0.25, -0.2) is 0 Å². The van der Waals surface area contributed by atoms with E-state index in [9.17, 15) is 4.79 Å². The van der Waals surface area contributed by atoms with Crippen molar-refractivity contribution in [3.63, 3.8) is 0 Å². The molecule has 1 aliphatic rings. The lowest BCUT2D eigenvalue weighted by Crippen LogP contribution is -2.45. The van der Waals surface area contributed by atoms with Gasteiger partial charge in [-0.2, -0.15) is 0 Å². The number of amides is 1. The number of guanidine groups is 1. The standard InChI is InChI=1S/C16H25BrN4O2.HI/c1-11(2)15(22)21-9-7-12(10-21)20-16(18-3)19-8-6-13-4-5-14(17)23-13;/h4-5,11-12H,6-10H2,1-3H3,(H2,18,19,20);1H. The summed E-state index contributed by atoms with van der Waals surface area (Å²) in [6.07, 6.45) is 1.74. The Morgan fingerprint density at radius 1 is 1.50 bits per heavy atom. The normalized spacial score (nSPS) is 17.8. The molecule has 2 N–H and O–H groups in total. The molecule has 1 amide bonds. The van der Waals surface area contributed by atoms with Gasteiger partial charge in [0, 0.05) is 45.1 Å². The third kappa shape index (κ3) is 6.27. The molecule has 2 heterocycles. The summed E-state index contributed by atoms with van der Waals surface area (Å²) in [6, 6.07) is 4.09. The molecule has 24 heavy (non-hydrogen) atoms. The van der Waals surface area contributed by atoms with Gasteiger partial charge in [0.1, 0.15) is 5.76 Å². The Balaban J connectivity index is 0.00000288. The highest BCUT2D eigenvalue weighted by Crippen LogP contribution is 2.14. The van der Waals surface area contributed by atoms with E-state index in [1.807, 2.05) is 30.9 Å². The minimum Gasteiger partial charge on any atom is -0.454 e. The van der Waals surface area contributed by atoms with Crippen molar-refractivity contribution in [2.24, 2.45) is 10.9 Å². The van der Waals surface area contributed by atoms with E-state index in [-0.39, 0.29) is 41.8 Å². The van der Waals surface area contributed by atoms with E-state index in [2.05, 4.69) is 31.6 Å². The molecule has 0 bridgehead atoms. The van der Waals surface area contributed by atoms with Crippen LogP contribution in [0.3, 0.4) is 0 Å². The summed E-state index contributed by atoms with van der Waals surface area (Å²) in [5, 5.41) is 6.67. The van der Waals surface area contributed by atoms with Crippen LogP contribution in [0.2, 0.25) is 0 Å². The molecule has 1 aromatic heterocycles. The van der Waals surface area contributed by atoms with Gasteiger partial charge in [0.15, 0.2) is 10.6 Å². The molecule has 0 radical (unpaired) electrons. The molecule has 0 aliphatic carbocycles. The van der Waals surface area contributed by atoms with Crippen LogP contribution in [-0.4, -0.2) is 49.5 Å².